The first-order valence-corrected chi connectivity index (χ1v) is 4.02. The summed E-state index contributed by atoms with van der Waals surface area (Å²) >= 11 is 0. The van der Waals surface area contributed by atoms with Crippen molar-refractivity contribution in [2.24, 2.45) is 7.05 Å². The molecule has 0 amide bonds. The normalized spacial score (nSPS) is 12.3. The van der Waals surface area contributed by atoms with Gasteiger partial charge in [-0.2, -0.15) is 13.2 Å². The molecule has 73 valence electrons. The highest BCUT2D eigenvalue weighted by Gasteiger charge is 2.33. The summed E-state index contributed by atoms with van der Waals surface area (Å²) in [7, 11) is 1.59. The molecule has 0 bridgehead atoms. The van der Waals surface area contributed by atoms with Crippen molar-refractivity contribution in [3.63, 3.8) is 0 Å². The Kier molecular flexibility index (Phi) is 1.80. The lowest BCUT2D eigenvalue weighted by Gasteiger charge is -2.02. The number of nitrogens with zero attached hydrogens (tertiary/aromatic N) is 1. The highest BCUT2D eigenvalue weighted by molar-refractivity contribution is 5.84. The van der Waals surface area contributed by atoms with E-state index in [1.54, 1.807) is 19.2 Å². The van der Waals surface area contributed by atoms with E-state index in [-0.39, 0.29) is 5.39 Å². The number of aromatic nitrogens is 1. The second kappa shape index (κ2) is 2.77. The van der Waals surface area contributed by atoms with E-state index >= 15 is 0 Å². The Morgan fingerprint density at radius 1 is 1.36 bits per heavy atom. The fraction of sp³-hybridized carbons (Fsp3) is 0.200. The van der Waals surface area contributed by atoms with Crippen molar-refractivity contribution in [1.29, 1.82) is 0 Å². The average molecular weight is 198 g/mol. The van der Waals surface area contributed by atoms with Gasteiger partial charge < -0.3 is 4.57 Å². The minimum atomic E-state index is -4.30. The zero-order valence-corrected chi connectivity index (χ0v) is 7.39. The summed E-state index contributed by atoms with van der Waals surface area (Å²) in [6, 6.07) is 7.22. The predicted octanol–water partition coefficient (Wildman–Crippen LogP) is 3.00. The number of hydrogen-bond acceptors (Lipinski definition) is 0. The topological polar surface area (TPSA) is 4.93 Å². The minimum Gasteiger partial charge on any atom is -0.350 e. The Morgan fingerprint density at radius 2 is 2.07 bits per heavy atom. The summed E-state index contributed by atoms with van der Waals surface area (Å²) in [4.78, 5) is 0. The van der Waals surface area contributed by atoms with Gasteiger partial charge in [0.05, 0.1) is 5.56 Å². The van der Waals surface area contributed by atoms with Crippen LogP contribution in [-0.4, -0.2) is 4.57 Å². The summed E-state index contributed by atoms with van der Waals surface area (Å²) < 4.78 is 39.0. The van der Waals surface area contributed by atoms with E-state index in [9.17, 15) is 13.2 Å². The third-order valence-corrected chi connectivity index (χ3v) is 2.14. The first-order chi connectivity index (χ1) is 6.50. The van der Waals surface area contributed by atoms with Crippen LogP contribution in [-0.2, 0) is 13.2 Å². The Balaban J connectivity index is 2.80. The van der Waals surface area contributed by atoms with Crippen LogP contribution in [0.15, 0.2) is 24.4 Å². The molecular weight excluding hydrogens is 191 g/mol. The number of fused-ring (bicyclic) bond motifs is 1. The molecule has 1 nitrogen and oxygen atoms in total. The number of hydrogen-bond donors (Lipinski definition) is 0. The van der Waals surface area contributed by atoms with Gasteiger partial charge in [0.15, 0.2) is 0 Å². The lowest BCUT2D eigenvalue weighted by molar-refractivity contribution is -0.136. The maximum absolute atomic E-state index is 12.5. The minimum absolute atomic E-state index is 0.197. The summed E-state index contributed by atoms with van der Waals surface area (Å²) in [6.07, 6.45) is -3.20. The van der Waals surface area contributed by atoms with E-state index in [1.165, 1.54) is 10.6 Å². The van der Waals surface area contributed by atoms with Crippen LogP contribution in [0.1, 0.15) is 5.56 Å². The summed E-state index contributed by atoms with van der Waals surface area (Å²) in [5, 5.41) is 0.197. The molecule has 0 spiro atoms. The van der Waals surface area contributed by atoms with E-state index in [0.717, 1.165) is 6.20 Å². The SMILES string of the molecule is Cn1cc(C(F)(F)F)c2c[c]ccc21. The molecule has 2 aromatic rings. The van der Waals surface area contributed by atoms with Crippen molar-refractivity contribution in [1.82, 2.24) is 4.57 Å². The number of benzene rings is 1. The molecule has 1 radical (unpaired) electrons. The monoisotopic (exact) mass is 198 g/mol. The van der Waals surface area contributed by atoms with Gasteiger partial charge in [-0.25, -0.2) is 0 Å². The van der Waals surface area contributed by atoms with E-state index in [0.29, 0.717) is 5.52 Å². The molecule has 14 heavy (non-hydrogen) atoms. The number of aryl methyl sites for hydroxylation is 1. The standard InChI is InChI=1S/C10H7F3N/c1-14-6-8(10(11,12)13)7-4-2-3-5-9(7)14/h3-6H,1H3. The van der Waals surface area contributed by atoms with Crippen molar-refractivity contribution in [3.8, 4) is 0 Å². The maximum Gasteiger partial charge on any atom is 0.418 e. The molecule has 1 heterocycles. The lowest BCUT2D eigenvalue weighted by atomic mass is 10.2. The Bertz CT molecular complexity index is 468. The molecule has 0 saturated heterocycles. The number of alkyl halides is 3. The van der Waals surface area contributed by atoms with Gasteiger partial charge in [-0.05, 0) is 18.2 Å². The van der Waals surface area contributed by atoms with Crippen molar-refractivity contribution in [2.75, 3.05) is 0 Å². The summed E-state index contributed by atoms with van der Waals surface area (Å²) in [5.74, 6) is 0. The third-order valence-electron chi connectivity index (χ3n) is 2.14. The van der Waals surface area contributed by atoms with Crippen LogP contribution in [0.25, 0.3) is 10.9 Å². The fourth-order valence-electron chi connectivity index (χ4n) is 1.50. The van der Waals surface area contributed by atoms with Crippen LogP contribution in [0.5, 0.6) is 0 Å². The zero-order valence-electron chi connectivity index (χ0n) is 7.39. The molecule has 0 aliphatic carbocycles. The van der Waals surface area contributed by atoms with Gasteiger partial charge in [-0.3, -0.25) is 0 Å². The highest BCUT2D eigenvalue weighted by atomic mass is 19.4. The first kappa shape index (κ1) is 9.12. The maximum atomic E-state index is 12.5. The van der Waals surface area contributed by atoms with Crippen LogP contribution < -0.4 is 0 Å². The second-order valence-corrected chi connectivity index (χ2v) is 3.09. The van der Waals surface area contributed by atoms with Crippen molar-refractivity contribution in [3.05, 3.63) is 36.0 Å². The van der Waals surface area contributed by atoms with Crippen LogP contribution in [0.4, 0.5) is 13.2 Å². The Labute approximate surface area is 78.8 Å². The van der Waals surface area contributed by atoms with E-state index in [4.69, 9.17) is 0 Å². The molecule has 1 aromatic heterocycles. The van der Waals surface area contributed by atoms with Crippen LogP contribution >= 0.6 is 0 Å². The van der Waals surface area contributed by atoms with Gasteiger partial charge in [-0.1, -0.05) is 6.07 Å². The summed E-state index contributed by atoms with van der Waals surface area (Å²) in [6.45, 7) is 0. The molecule has 0 aliphatic heterocycles. The molecule has 0 N–H and O–H groups in total. The quantitative estimate of drug-likeness (QED) is 0.613. The molecule has 0 fully saturated rings. The molecule has 0 saturated carbocycles. The van der Waals surface area contributed by atoms with E-state index < -0.39 is 11.7 Å². The van der Waals surface area contributed by atoms with Crippen molar-refractivity contribution >= 4 is 10.9 Å². The molecule has 2 rings (SSSR count). The van der Waals surface area contributed by atoms with Crippen LogP contribution in [0, 0.1) is 6.07 Å². The van der Waals surface area contributed by atoms with Gasteiger partial charge in [-0.15, -0.1) is 0 Å². The molecule has 0 unspecified atom stereocenters. The van der Waals surface area contributed by atoms with Crippen LogP contribution in [0.2, 0.25) is 0 Å². The lowest BCUT2D eigenvalue weighted by Crippen LogP contribution is -2.03. The van der Waals surface area contributed by atoms with Gasteiger partial charge in [0.2, 0.25) is 0 Å². The molecule has 0 atom stereocenters. The van der Waals surface area contributed by atoms with Gasteiger partial charge in [0.1, 0.15) is 0 Å². The van der Waals surface area contributed by atoms with Crippen LogP contribution in [0.3, 0.4) is 0 Å². The fourth-order valence-corrected chi connectivity index (χ4v) is 1.50. The third kappa shape index (κ3) is 1.27. The number of halogens is 3. The molecule has 4 heteroatoms. The van der Waals surface area contributed by atoms with Crippen molar-refractivity contribution in [2.45, 2.75) is 6.18 Å². The largest absolute Gasteiger partial charge is 0.418 e. The summed E-state index contributed by atoms with van der Waals surface area (Å²) in [5.41, 5.74) is -0.0390. The number of rotatable bonds is 0. The molecule has 1 aromatic carbocycles. The Hall–Kier alpha value is -1.45. The van der Waals surface area contributed by atoms with Gasteiger partial charge in [0, 0.05) is 24.1 Å². The zero-order chi connectivity index (χ0) is 10.3. The van der Waals surface area contributed by atoms with Gasteiger partial charge in [0.25, 0.3) is 0 Å². The van der Waals surface area contributed by atoms with Crippen molar-refractivity contribution < 1.29 is 13.2 Å². The highest BCUT2D eigenvalue weighted by Crippen LogP contribution is 2.35. The first-order valence-electron chi connectivity index (χ1n) is 4.02. The average Bonchev–Trinajstić information content (AvgIpc) is 2.44. The predicted molar refractivity (Wildman–Crippen MR) is 46.8 cm³/mol. The molecular formula is C10H7F3N. The van der Waals surface area contributed by atoms with E-state index in [1.807, 2.05) is 0 Å². The van der Waals surface area contributed by atoms with Gasteiger partial charge >= 0.3 is 6.18 Å². The second-order valence-electron chi connectivity index (χ2n) is 3.09. The smallest absolute Gasteiger partial charge is 0.350 e. The Morgan fingerprint density at radius 3 is 2.71 bits per heavy atom. The van der Waals surface area contributed by atoms with E-state index in [2.05, 4.69) is 6.07 Å². The molecule has 0 aliphatic rings.